The summed E-state index contributed by atoms with van der Waals surface area (Å²) in [7, 11) is 1.00. The lowest BCUT2D eigenvalue weighted by atomic mass is 10.7. The van der Waals surface area contributed by atoms with Crippen LogP contribution in [0.15, 0.2) is 0 Å². The summed E-state index contributed by atoms with van der Waals surface area (Å²) in [5, 5.41) is 7.00. The Bertz CT molecular complexity index is 82.5. The van der Waals surface area contributed by atoms with Crippen LogP contribution in [0.5, 0.6) is 0 Å². The van der Waals surface area contributed by atoms with Gasteiger partial charge in [0.25, 0.3) is 0 Å². The minimum absolute atomic E-state index is 0.255. The van der Waals surface area contributed by atoms with Crippen molar-refractivity contribution < 1.29 is 19.4 Å². The molecule has 0 aliphatic heterocycles. The minimum Gasteiger partial charge on any atom is -0.463 e. The summed E-state index contributed by atoms with van der Waals surface area (Å²) in [5.41, 5.74) is 0. The molecule has 0 aromatic rings. The van der Waals surface area contributed by atoms with Gasteiger partial charge in [-0.15, -0.1) is 0 Å². The molecule has 0 atom stereocenters. The molecule has 4 nitrogen and oxygen atoms in total. The second-order valence-corrected chi connectivity index (χ2v) is 1.54. The molecule has 68 valence electrons. The van der Waals surface area contributed by atoms with E-state index in [2.05, 4.69) is 4.74 Å². The van der Waals surface area contributed by atoms with Crippen LogP contribution in [0.2, 0.25) is 0 Å². The topological polar surface area (TPSA) is 55.8 Å². The van der Waals surface area contributed by atoms with Gasteiger partial charge in [-0.2, -0.15) is 0 Å². The molecule has 0 bridgehead atoms. The Labute approximate surface area is 67.1 Å². The third-order valence-electron chi connectivity index (χ3n) is 0.737. The highest BCUT2D eigenvalue weighted by Gasteiger charge is 1.89. The number of rotatable bonds is 4. The first-order valence-corrected chi connectivity index (χ1v) is 3.43. The van der Waals surface area contributed by atoms with Crippen molar-refractivity contribution in [3.05, 3.63) is 0 Å². The first-order valence-electron chi connectivity index (χ1n) is 3.43. The van der Waals surface area contributed by atoms with Gasteiger partial charge in [0.05, 0.1) is 6.61 Å². The Morgan fingerprint density at radius 1 is 1.36 bits per heavy atom. The first-order chi connectivity index (χ1) is 5.27. The van der Waals surface area contributed by atoms with Crippen molar-refractivity contribution in [2.75, 3.05) is 26.9 Å². The van der Waals surface area contributed by atoms with Crippen molar-refractivity contribution in [2.24, 2.45) is 0 Å². The molecule has 0 amide bonds. The van der Waals surface area contributed by atoms with E-state index in [1.807, 2.05) is 6.92 Å². The number of ether oxygens (including phenoxy) is 2. The Balaban J connectivity index is 0. The molecular weight excluding hydrogens is 148 g/mol. The zero-order valence-electron chi connectivity index (χ0n) is 7.29. The van der Waals surface area contributed by atoms with Gasteiger partial charge in [0.15, 0.2) is 0 Å². The van der Waals surface area contributed by atoms with Gasteiger partial charge in [-0.25, -0.2) is 0 Å². The number of aliphatic hydroxyl groups is 1. The zero-order chi connectivity index (χ0) is 9.11. The summed E-state index contributed by atoms with van der Waals surface area (Å²) in [6.07, 6.45) is 0. The Morgan fingerprint density at radius 3 is 2.27 bits per heavy atom. The maximum atomic E-state index is 10.1. The van der Waals surface area contributed by atoms with Crippen LogP contribution in [-0.2, 0) is 14.3 Å². The molecule has 0 spiro atoms. The zero-order valence-corrected chi connectivity index (χ0v) is 7.29. The van der Waals surface area contributed by atoms with Gasteiger partial charge in [0.2, 0.25) is 0 Å². The quantitative estimate of drug-likeness (QED) is 0.476. The van der Waals surface area contributed by atoms with E-state index in [1.54, 1.807) is 0 Å². The van der Waals surface area contributed by atoms with Crippen LogP contribution >= 0.6 is 0 Å². The molecule has 0 saturated heterocycles. The number of hydrogen-bond donors (Lipinski definition) is 1. The van der Waals surface area contributed by atoms with Crippen LogP contribution in [0.1, 0.15) is 13.8 Å². The Hall–Kier alpha value is -0.610. The van der Waals surface area contributed by atoms with Crippen LogP contribution in [0.4, 0.5) is 0 Å². The summed E-state index contributed by atoms with van der Waals surface area (Å²) in [6, 6.07) is 0. The average Bonchev–Trinajstić information content (AvgIpc) is 2.02. The van der Waals surface area contributed by atoms with E-state index in [0.717, 1.165) is 7.11 Å². The van der Waals surface area contributed by atoms with Gasteiger partial charge in [-0.1, -0.05) is 0 Å². The lowest BCUT2D eigenvalue weighted by Crippen LogP contribution is -2.06. The van der Waals surface area contributed by atoms with E-state index < -0.39 is 0 Å². The maximum absolute atomic E-state index is 10.1. The minimum atomic E-state index is -0.255. The molecule has 0 unspecified atom stereocenters. The summed E-state index contributed by atoms with van der Waals surface area (Å²) in [4.78, 5) is 10.1. The molecule has 0 aliphatic rings. The largest absolute Gasteiger partial charge is 0.463 e. The molecule has 0 rings (SSSR count). The standard InChI is InChI=1S/C6H12O3.CH4O/c1-3-8-4-5-9-6(2)7;1-2/h3-5H2,1-2H3;2H,1H3. The number of esters is 1. The van der Waals surface area contributed by atoms with Crippen molar-refractivity contribution in [3.8, 4) is 0 Å². The lowest BCUT2D eigenvalue weighted by molar-refractivity contribution is -0.142. The molecule has 11 heavy (non-hydrogen) atoms. The molecule has 0 radical (unpaired) electrons. The fourth-order valence-corrected chi connectivity index (χ4v) is 0.389. The van der Waals surface area contributed by atoms with Crippen LogP contribution in [0, 0.1) is 0 Å². The number of carbonyl (C=O) groups excluding carboxylic acids is 1. The van der Waals surface area contributed by atoms with E-state index >= 15 is 0 Å². The number of hydrogen-bond acceptors (Lipinski definition) is 4. The molecule has 0 aromatic carbocycles. The molecule has 0 heterocycles. The van der Waals surface area contributed by atoms with Crippen LogP contribution in [0.25, 0.3) is 0 Å². The van der Waals surface area contributed by atoms with E-state index in [9.17, 15) is 4.79 Å². The SMILES string of the molecule is CCOCCOC(C)=O.CO. The molecule has 0 saturated carbocycles. The van der Waals surface area contributed by atoms with Crippen molar-refractivity contribution in [1.29, 1.82) is 0 Å². The average molecular weight is 164 g/mol. The highest BCUT2D eigenvalue weighted by Crippen LogP contribution is 1.77. The van der Waals surface area contributed by atoms with Gasteiger partial charge >= 0.3 is 5.97 Å². The van der Waals surface area contributed by atoms with Crippen molar-refractivity contribution in [1.82, 2.24) is 0 Å². The van der Waals surface area contributed by atoms with E-state index in [4.69, 9.17) is 9.84 Å². The normalized spacial score (nSPS) is 8.00. The van der Waals surface area contributed by atoms with Gasteiger partial charge in [0.1, 0.15) is 6.61 Å². The molecule has 0 aromatic heterocycles. The number of carbonyl (C=O) groups is 1. The number of aliphatic hydroxyl groups excluding tert-OH is 1. The summed E-state index contributed by atoms with van der Waals surface area (Å²) < 4.78 is 9.49. The van der Waals surface area contributed by atoms with Crippen molar-refractivity contribution in [3.63, 3.8) is 0 Å². The second-order valence-electron chi connectivity index (χ2n) is 1.54. The van der Waals surface area contributed by atoms with Gasteiger partial charge < -0.3 is 14.6 Å². The Kier molecular flexibility index (Phi) is 14.3. The predicted octanol–water partition coefficient (Wildman–Crippen LogP) is 0.194. The fourth-order valence-electron chi connectivity index (χ4n) is 0.389. The van der Waals surface area contributed by atoms with Crippen molar-refractivity contribution in [2.45, 2.75) is 13.8 Å². The molecule has 0 aliphatic carbocycles. The maximum Gasteiger partial charge on any atom is 0.302 e. The highest BCUT2D eigenvalue weighted by atomic mass is 16.6. The second kappa shape index (κ2) is 12.1. The van der Waals surface area contributed by atoms with E-state index in [1.165, 1.54) is 6.92 Å². The molecule has 0 fully saturated rings. The highest BCUT2D eigenvalue weighted by molar-refractivity contribution is 5.65. The predicted molar refractivity (Wildman–Crippen MR) is 41.3 cm³/mol. The van der Waals surface area contributed by atoms with E-state index in [0.29, 0.717) is 19.8 Å². The summed E-state index contributed by atoms with van der Waals surface area (Å²) in [5.74, 6) is -0.255. The lowest BCUT2D eigenvalue weighted by Gasteiger charge is -1.99. The molecule has 4 heteroatoms. The third-order valence-corrected chi connectivity index (χ3v) is 0.737. The first kappa shape index (κ1) is 13.0. The van der Waals surface area contributed by atoms with Crippen LogP contribution in [-0.4, -0.2) is 38.0 Å². The summed E-state index contributed by atoms with van der Waals surface area (Å²) >= 11 is 0. The summed E-state index contributed by atoms with van der Waals surface area (Å²) in [6.45, 7) is 4.81. The molecular formula is C7H16O4. The van der Waals surface area contributed by atoms with E-state index in [-0.39, 0.29) is 5.97 Å². The van der Waals surface area contributed by atoms with Crippen molar-refractivity contribution >= 4 is 5.97 Å². The van der Waals surface area contributed by atoms with Gasteiger partial charge in [-0.05, 0) is 6.92 Å². The van der Waals surface area contributed by atoms with Crippen LogP contribution in [0.3, 0.4) is 0 Å². The van der Waals surface area contributed by atoms with Gasteiger partial charge in [-0.3, -0.25) is 4.79 Å². The van der Waals surface area contributed by atoms with Gasteiger partial charge in [0, 0.05) is 20.6 Å². The monoisotopic (exact) mass is 164 g/mol. The smallest absolute Gasteiger partial charge is 0.302 e. The van der Waals surface area contributed by atoms with Crippen LogP contribution < -0.4 is 0 Å². The third kappa shape index (κ3) is 17.7. The molecule has 1 N–H and O–H groups in total. The fraction of sp³-hybridized carbons (Fsp3) is 0.857. The Morgan fingerprint density at radius 2 is 1.91 bits per heavy atom.